The molecule has 4 heterocycles. The van der Waals surface area contributed by atoms with Crippen LogP contribution in [-0.2, 0) is 11.0 Å². The second kappa shape index (κ2) is 9.30. The van der Waals surface area contributed by atoms with Crippen molar-refractivity contribution in [3.63, 3.8) is 0 Å². The number of anilines is 2. The van der Waals surface area contributed by atoms with Gasteiger partial charge in [0.15, 0.2) is 11.6 Å². The number of aryl methyl sites for hydroxylation is 1. The van der Waals surface area contributed by atoms with Gasteiger partial charge in [0.05, 0.1) is 11.3 Å². The van der Waals surface area contributed by atoms with Crippen LogP contribution in [0.5, 0.6) is 11.5 Å². The summed E-state index contributed by atoms with van der Waals surface area (Å²) in [4.78, 5) is 25.8. The topological polar surface area (TPSA) is 93.1 Å². The molecule has 0 radical (unpaired) electrons. The highest BCUT2D eigenvalue weighted by molar-refractivity contribution is 7.09. The van der Waals surface area contributed by atoms with Crippen LogP contribution in [0.25, 0.3) is 0 Å². The average Bonchev–Trinajstić information content (AvgIpc) is 3.24. The van der Waals surface area contributed by atoms with E-state index in [4.69, 9.17) is 4.74 Å². The fourth-order valence-electron chi connectivity index (χ4n) is 3.47. The molecule has 8 nitrogen and oxygen atoms in total. The zero-order valence-electron chi connectivity index (χ0n) is 17.9. The van der Waals surface area contributed by atoms with Crippen molar-refractivity contribution in [3.8, 4) is 11.5 Å². The van der Waals surface area contributed by atoms with Gasteiger partial charge in [-0.1, -0.05) is 0 Å². The zero-order chi connectivity index (χ0) is 23.6. The van der Waals surface area contributed by atoms with Gasteiger partial charge in [0.25, 0.3) is 0 Å². The molecular weight excluding hydrogens is 457 g/mol. The van der Waals surface area contributed by atoms with Crippen molar-refractivity contribution in [1.82, 2.24) is 24.2 Å². The van der Waals surface area contributed by atoms with Crippen molar-refractivity contribution in [1.29, 1.82) is 0 Å². The number of pyridine rings is 2. The maximum atomic E-state index is 13.3. The molecule has 1 aliphatic rings. The first kappa shape index (κ1) is 22.9. The van der Waals surface area contributed by atoms with Crippen molar-refractivity contribution >= 4 is 28.4 Å². The van der Waals surface area contributed by atoms with E-state index in [1.807, 2.05) is 0 Å². The summed E-state index contributed by atoms with van der Waals surface area (Å²) < 4.78 is 49.9. The molecule has 3 aromatic rings. The Morgan fingerprint density at radius 2 is 2.00 bits per heavy atom. The SMILES string of the molecule is CC(=O)N1CCC(c2nsc(Nc3ncc(C(F)(F)F)cc3Oc3cccnc3C)n2)CC1. The molecule has 1 amide bonds. The van der Waals surface area contributed by atoms with Crippen molar-refractivity contribution in [3.05, 3.63) is 47.7 Å². The third-order valence-corrected chi connectivity index (χ3v) is 5.98. The molecule has 3 aromatic heterocycles. The Labute approximate surface area is 192 Å². The van der Waals surface area contributed by atoms with E-state index in [1.54, 1.807) is 37.1 Å². The second-order valence-corrected chi connectivity index (χ2v) is 8.37. The Kier molecular flexibility index (Phi) is 6.45. The molecular formula is C21H21F3N6O2S. The summed E-state index contributed by atoms with van der Waals surface area (Å²) in [5.74, 6) is 1.10. The number of nitrogens with one attached hydrogen (secondary N) is 1. The van der Waals surface area contributed by atoms with Gasteiger partial charge in [0.2, 0.25) is 11.0 Å². The molecule has 12 heteroatoms. The summed E-state index contributed by atoms with van der Waals surface area (Å²) in [5, 5.41) is 3.32. The maximum absolute atomic E-state index is 13.3. The molecule has 4 rings (SSSR count). The van der Waals surface area contributed by atoms with Gasteiger partial charge in [0.1, 0.15) is 11.6 Å². The molecule has 1 N–H and O–H groups in total. The highest BCUT2D eigenvalue weighted by atomic mass is 32.1. The number of hydrogen-bond acceptors (Lipinski definition) is 8. The Morgan fingerprint density at radius 3 is 2.67 bits per heavy atom. The molecule has 0 saturated carbocycles. The van der Waals surface area contributed by atoms with Crippen LogP contribution >= 0.6 is 11.5 Å². The predicted molar refractivity (Wildman–Crippen MR) is 116 cm³/mol. The lowest BCUT2D eigenvalue weighted by molar-refractivity contribution is -0.138. The minimum absolute atomic E-state index is 0.0480. The number of nitrogens with zero attached hydrogens (tertiary/aromatic N) is 5. The van der Waals surface area contributed by atoms with Gasteiger partial charge in [-0.25, -0.2) is 9.97 Å². The van der Waals surface area contributed by atoms with Gasteiger partial charge in [-0.3, -0.25) is 9.78 Å². The largest absolute Gasteiger partial charge is 0.452 e. The van der Waals surface area contributed by atoms with Crippen LogP contribution < -0.4 is 10.1 Å². The molecule has 0 spiro atoms. The number of amides is 1. The van der Waals surface area contributed by atoms with E-state index in [9.17, 15) is 18.0 Å². The first-order valence-electron chi connectivity index (χ1n) is 10.2. The zero-order valence-corrected chi connectivity index (χ0v) is 18.7. The fraction of sp³-hybridized carbons (Fsp3) is 0.381. The lowest BCUT2D eigenvalue weighted by Gasteiger charge is -2.29. The van der Waals surface area contributed by atoms with E-state index in [0.29, 0.717) is 35.5 Å². The number of halogens is 3. The molecule has 0 aromatic carbocycles. The summed E-state index contributed by atoms with van der Waals surface area (Å²) >= 11 is 1.09. The number of likely N-dealkylation sites (tertiary alicyclic amines) is 1. The van der Waals surface area contributed by atoms with Crippen LogP contribution in [0.15, 0.2) is 30.6 Å². The number of piperidine rings is 1. The number of alkyl halides is 3. The Bertz CT molecular complexity index is 1150. The number of ether oxygens (including phenoxy) is 1. The summed E-state index contributed by atoms with van der Waals surface area (Å²) in [7, 11) is 0. The maximum Gasteiger partial charge on any atom is 0.418 e. The molecule has 33 heavy (non-hydrogen) atoms. The lowest BCUT2D eigenvalue weighted by Crippen LogP contribution is -2.36. The van der Waals surface area contributed by atoms with Crippen LogP contribution in [0.4, 0.5) is 24.1 Å². The molecule has 174 valence electrons. The van der Waals surface area contributed by atoms with Gasteiger partial charge in [-0.2, -0.15) is 17.5 Å². The van der Waals surface area contributed by atoms with Gasteiger partial charge >= 0.3 is 6.18 Å². The van der Waals surface area contributed by atoms with Crippen LogP contribution in [-0.4, -0.2) is 43.2 Å². The number of carbonyl (C=O) groups is 1. The summed E-state index contributed by atoms with van der Waals surface area (Å²) in [6.45, 7) is 4.53. The average molecular weight is 479 g/mol. The van der Waals surface area contributed by atoms with Gasteiger partial charge < -0.3 is 15.0 Å². The minimum Gasteiger partial charge on any atom is -0.452 e. The first-order chi connectivity index (χ1) is 15.7. The van der Waals surface area contributed by atoms with Crippen LogP contribution in [0, 0.1) is 6.92 Å². The standard InChI is InChI=1S/C21H21F3N6O2S/c1-12-16(4-3-7-25-12)32-17-10-15(21(22,23)24)11-26-19(17)28-20-27-18(29-33-20)14-5-8-30(9-6-14)13(2)31/h3-4,7,10-11,14H,5-6,8-9H2,1-2H3,(H,26,27,28,29). The summed E-state index contributed by atoms with van der Waals surface area (Å²) in [6, 6.07) is 4.13. The normalized spacial score (nSPS) is 14.9. The van der Waals surface area contributed by atoms with E-state index in [1.165, 1.54) is 0 Å². The lowest BCUT2D eigenvalue weighted by atomic mass is 9.96. The van der Waals surface area contributed by atoms with Crippen molar-refractivity contribution in [2.45, 2.75) is 38.8 Å². The Hall–Kier alpha value is -3.28. The third kappa shape index (κ3) is 5.38. The molecule has 0 unspecified atom stereocenters. The monoisotopic (exact) mass is 478 g/mol. The third-order valence-electron chi connectivity index (χ3n) is 5.33. The van der Waals surface area contributed by atoms with E-state index in [-0.39, 0.29) is 23.4 Å². The number of aromatic nitrogens is 4. The highest BCUT2D eigenvalue weighted by Crippen LogP contribution is 2.38. The minimum atomic E-state index is -4.57. The fourth-order valence-corrected chi connectivity index (χ4v) is 4.12. The number of rotatable bonds is 5. The van der Waals surface area contributed by atoms with Crippen molar-refractivity contribution < 1.29 is 22.7 Å². The van der Waals surface area contributed by atoms with E-state index >= 15 is 0 Å². The first-order valence-corrected chi connectivity index (χ1v) is 11.0. The molecule has 1 fully saturated rings. The molecule has 0 bridgehead atoms. The van der Waals surface area contributed by atoms with Gasteiger partial charge in [-0.05, 0) is 38.0 Å². The second-order valence-electron chi connectivity index (χ2n) is 7.62. The number of carbonyl (C=O) groups excluding carboxylic acids is 1. The Morgan fingerprint density at radius 1 is 1.24 bits per heavy atom. The van der Waals surface area contributed by atoms with Crippen molar-refractivity contribution in [2.24, 2.45) is 0 Å². The molecule has 0 aliphatic carbocycles. The molecule has 1 saturated heterocycles. The van der Waals surface area contributed by atoms with E-state index in [2.05, 4.69) is 24.6 Å². The van der Waals surface area contributed by atoms with Crippen molar-refractivity contribution in [2.75, 3.05) is 18.4 Å². The van der Waals surface area contributed by atoms with Crippen LogP contribution in [0.3, 0.4) is 0 Å². The quantitative estimate of drug-likeness (QED) is 0.557. The Balaban J connectivity index is 1.55. The predicted octanol–water partition coefficient (Wildman–Crippen LogP) is 4.92. The highest BCUT2D eigenvalue weighted by Gasteiger charge is 2.32. The van der Waals surface area contributed by atoms with Crippen LogP contribution in [0.2, 0.25) is 0 Å². The van der Waals surface area contributed by atoms with E-state index < -0.39 is 11.7 Å². The molecule has 1 aliphatic heterocycles. The van der Waals surface area contributed by atoms with Gasteiger partial charge in [0, 0.05) is 49.9 Å². The smallest absolute Gasteiger partial charge is 0.418 e. The van der Waals surface area contributed by atoms with Gasteiger partial charge in [-0.15, -0.1) is 0 Å². The number of hydrogen-bond donors (Lipinski definition) is 1. The van der Waals surface area contributed by atoms with Crippen LogP contribution in [0.1, 0.15) is 42.8 Å². The van der Waals surface area contributed by atoms with E-state index in [0.717, 1.165) is 36.6 Å². The molecule has 0 atom stereocenters. The summed E-state index contributed by atoms with van der Waals surface area (Å²) in [6.07, 6.45) is -0.760. The summed E-state index contributed by atoms with van der Waals surface area (Å²) in [5.41, 5.74) is -0.407.